The second kappa shape index (κ2) is 12.9. The molecule has 1 aromatic heterocycles. The molecule has 2 unspecified atom stereocenters. The second-order valence-electron chi connectivity index (χ2n) is 10.9. The van der Waals surface area contributed by atoms with E-state index >= 15 is 0 Å². The number of aromatic nitrogens is 4. The van der Waals surface area contributed by atoms with Crippen LogP contribution in [0.15, 0.2) is 83.1 Å². The Morgan fingerprint density at radius 1 is 1.00 bits per heavy atom. The highest BCUT2D eigenvalue weighted by Crippen LogP contribution is 2.34. The number of carbonyl (C=O) groups excluding carboxylic acids is 1. The molecule has 43 heavy (non-hydrogen) atoms. The summed E-state index contributed by atoms with van der Waals surface area (Å²) in [5.74, 6) is 1.56. The summed E-state index contributed by atoms with van der Waals surface area (Å²) < 4.78 is 7.95. The van der Waals surface area contributed by atoms with Gasteiger partial charge in [0, 0.05) is 18.8 Å². The van der Waals surface area contributed by atoms with Crippen molar-refractivity contribution in [2.24, 2.45) is 5.10 Å². The first-order chi connectivity index (χ1) is 21.0. The molecular weight excluding hydrogens is 560 g/mol. The van der Waals surface area contributed by atoms with E-state index in [9.17, 15) is 4.79 Å². The third-order valence-corrected chi connectivity index (χ3v) is 8.80. The van der Waals surface area contributed by atoms with Crippen molar-refractivity contribution < 1.29 is 9.53 Å². The Kier molecular flexibility index (Phi) is 8.59. The van der Waals surface area contributed by atoms with Gasteiger partial charge in [-0.1, -0.05) is 54.6 Å². The quantitative estimate of drug-likeness (QED) is 0.257. The van der Waals surface area contributed by atoms with E-state index in [1.54, 1.807) is 4.68 Å². The lowest BCUT2D eigenvalue weighted by molar-refractivity contribution is -0.116. The number of ether oxygens (including phenoxy) is 1. The summed E-state index contributed by atoms with van der Waals surface area (Å²) in [7, 11) is 0. The number of benzene rings is 3. The van der Waals surface area contributed by atoms with E-state index < -0.39 is 5.25 Å². The summed E-state index contributed by atoms with van der Waals surface area (Å²) >= 11 is 1.34. The summed E-state index contributed by atoms with van der Waals surface area (Å²) in [6, 6.07) is 23.8. The molecule has 3 heterocycles. The molecule has 1 amide bonds. The van der Waals surface area contributed by atoms with Crippen molar-refractivity contribution in [3.05, 3.63) is 83.9 Å². The van der Waals surface area contributed by atoms with Gasteiger partial charge in [0.15, 0.2) is 5.25 Å². The van der Waals surface area contributed by atoms with Crippen molar-refractivity contribution in [2.45, 2.75) is 56.5 Å². The van der Waals surface area contributed by atoms with Gasteiger partial charge in [-0.2, -0.15) is 14.8 Å². The highest BCUT2D eigenvalue weighted by Gasteiger charge is 2.42. The summed E-state index contributed by atoms with van der Waals surface area (Å²) in [6.45, 7) is 8.72. The first-order valence-electron chi connectivity index (χ1n) is 14.8. The number of thioether (sulfide) groups is 1. The number of amides is 1. The van der Waals surface area contributed by atoms with Gasteiger partial charge in [-0.25, -0.2) is 0 Å². The average Bonchev–Trinajstić information content (AvgIpc) is 3.79. The molecule has 3 aromatic carbocycles. The average molecular weight is 597 g/mol. The maximum absolute atomic E-state index is 13.9. The Hall–Kier alpha value is -4.38. The van der Waals surface area contributed by atoms with Gasteiger partial charge >= 0.3 is 0 Å². The summed E-state index contributed by atoms with van der Waals surface area (Å²) in [4.78, 5) is 16.1. The fraction of sp³-hybridized carbons (Fsp3) is 0.344. The summed E-state index contributed by atoms with van der Waals surface area (Å²) in [5.41, 5.74) is 4.87. The molecule has 10 nitrogen and oxygen atoms in total. The molecule has 11 heteroatoms. The number of hydrogen-bond acceptors (Lipinski definition) is 9. The Morgan fingerprint density at radius 2 is 1.77 bits per heavy atom. The van der Waals surface area contributed by atoms with Crippen LogP contribution in [0.2, 0.25) is 0 Å². The first kappa shape index (κ1) is 28.7. The predicted octanol–water partition coefficient (Wildman–Crippen LogP) is 5.47. The maximum atomic E-state index is 13.9. The first-order valence-corrected chi connectivity index (χ1v) is 15.6. The summed E-state index contributed by atoms with van der Waals surface area (Å²) in [5, 5.41) is 22.2. The van der Waals surface area contributed by atoms with Crippen molar-refractivity contribution in [1.82, 2.24) is 25.1 Å². The van der Waals surface area contributed by atoms with Gasteiger partial charge in [0.1, 0.15) is 17.7 Å². The normalized spacial score (nSPS) is 17.3. The molecule has 2 aliphatic rings. The van der Waals surface area contributed by atoms with Gasteiger partial charge in [0.25, 0.3) is 5.91 Å². The topological polar surface area (TPSA) is 101 Å². The van der Waals surface area contributed by atoms with Crippen molar-refractivity contribution in [3.63, 3.8) is 0 Å². The monoisotopic (exact) mass is 596 g/mol. The smallest absolute Gasteiger partial charge is 0.268 e. The number of tetrazole rings is 1. The Bertz CT molecular complexity index is 1580. The highest BCUT2D eigenvalue weighted by atomic mass is 32.2. The standard InChI is InChI=1S/C32H36N8O2S/c1-4-27(42-28-17-12-22(2)20-23(28)3)21-33-24-13-15-26(16-14-24)39-31(41)29(30(35-39)38-18-8-9-19-38)43-32-34-36-37-40(32)25-10-6-5-7-11-25/h5-7,10-17,20,27,29,33H,4,8-9,18-19,21H2,1-3H3. The third kappa shape index (κ3) is 6.36. The number of para-hydroxylation sites is 1. The number of likely N-dealkylation sites (tertiary alicyclic amines) is 1. The molecule has 6 rings (SSSR count). The lowest BCUT2D eigenvalue weighted by Crippen LogP contribution is -2.37. The van der Waals surface area contributed by atoms with Crippen LogP contribution in [0.25, 0.3) is 5.69 Å². The van der Waals surface area contributed by atoms with E-state index in [-0.39, 0.29) is 12.0 Å². The molecule has 1 saturated heterocycles. The van der Waals surface area contributed by atoms with Crippen LogP contribution in [0, 0.1) is 13.8 Å². The van der Waals surface area contributed by atoms with E-state index in [1.807, 2.05) is 60.7 Å². The number of hydrogen-bond donors (Lipinski definition) is 1. The molecule has 0 radical (unpaired) electrons. The van der Waals surface area contributed by atoms with Crippen LogP contribution in [0.3, 0.4) is 0 Å². The Morgan fingerprint density at radius 3 is 2.49 bits per heavy atom. The van der Waals surface area contributed by atoms with E-state index in [1.165, 1.54) is 22.3 Å². The molecular formula is C32H36N8O2S. The number of carbonyl (C=O) groups is 1. The van der Waals surface area contributed by atoms with Crippen molar-refractivity contribution in [2.75, 3.05) is 30.0 Å². The highest BCUT2D eigenvalue weighted by molar-refractivity contribution is 8.01. The van der Waals surface area contributed by atoms with Crippen LogP contribution in [0.5, 0.6) is 5.75 Å². The fourth-order valence-corrected chi connectivity index (χ4v) is 6.35. The molecule has 1 fully saturated rings. The van der Waals surface area contributed by atoms with Gasteiger partial charge < -0.3 is 15.0 Å². The number of aryl methyl sites for hydroxylation is 2. The zero-order valence-corrected chi connectivity index (χ0v) is 25.5. The van der Waals surface area contributed by atoms with Gasteiger partial charge in [0.05, 0.1) is 17.9 Å². The van der Waals surface area contributed by atoms with Crippen LogP contribution in [-0.2, 0) is 4.79 Å². The van der Waals surface area contributed by atoms with Crippen molar-refractivity contribution >= 4 is 34.9 Å². The van der Waals surface area contributed by atoms with Crippen molar-refractivity contribution in [3.8, 4) is 11.4 Å². The van der Waals surface area contributed by atoms with Crippen LogP contribution in [0.1, 0.15) is 37.3 Å². The van der Waals surface area contributed by atoms with Gasteiger partial charge in [-0.3, -0.25) is 4.79 Å². The lowest BCUT2D eigenvalue weighted by atomic mass is 10.1. The minimum atomic E-state index is -0.544. The number of amidine groups is 1. The molecule has 1 N–H and O–H groups in total. The minimum Gasteiger partial charge on any atom is -0.488 e. The van der Waals surface area contributed by atoms with Crippen LogP contribution < -0.4 is 15.1 Å². The number of rotatable bonds is 10. The van der Waals surface area contributed by atoms with E-state index in [0.717, 1.165) is 66.6 Å². The van der Waals surface area contributed by atoms with Gasteiger partial charge in [-0.05, 0) is 91.6 Å². The molecule has 2 atom stereocenters. The fourth-order valence-electron chi connectivity index (χ4n) is 5.31. The molecule has 4 aromatic rings. The number of hydrazone groups is 1. The largest absolute Gasteiger partial charge is 0.488 e. The van der Waals surface area contributed by atoms with Crippen LogP contribution >= 0.6 is 11.8 Å². The SMILES string of the molecule is CCC(CNc1ccc(N2N=C(N3CCCC3)C(Sc3nnnn3-c3ccccc3)C2=O)cc1)Oc1ccc(C)cc1C. The minimum absolute atomic E-state index is 0.0269. The molecule has 0 bridgehead atoms. The molecule has 0 spiro atoms. The number of nitrogens with one attached hydrogen (secondary N) is 1. The van der Waals surface area contributed by atoms with E-state index in [0.29, 0.717) is 11.7 Å². The maximum Gasteiger partial charge on any atom is 0.268 e. The van der Waals surface area contributed by atoms with E-state index in [2.05, 4.69) is 58.6 Å². The van der Waals surface area contributed by atoms with Gasteiger partial charge in [-0.15, -0.1) is 5.10 Å². The molecule has 0 saturated carbocycles. The summed E-state index contributed by atoms with van der Waals surface area (Å²) in [6.07, 6.45) is 3.07. The molecule has 222 valence electrons. The molecule has 2 aliphatic heterocycles. The lowest BCUT2D eigenvalue weighted by Gasteiger charge is -2.20. The Balaban J connectivity index is 1.15. The van der Waals surface area contributed by atoms with Crippen LogP contribution in [0.4, 0.5) is 11.4 Å². The van der Waals surface area contributed by atoms with E-state index in [4.69, 9.17) is 9.84 Å². The zero-order chi connectivity index (χ0) is 29.8. The number of nitrogens with zero attached hydrogens (tertiary/aromatic N) is 7. The third-order valence-electron chi connectivity index (χ3n) is 7.69. The molecule has 0 aliphatic carbocycles. The zero-order valence-electron chi connectivity index (χ0n) is 24.7. The Labute approximate surface area is 256 Å². The van der Waals surface area contributed by atoms with Crippen LogP contribution in [-0.4, -0.2) is 67.8 Å². The number of anilines is 2. The second-order valence-corrected chi connectivity index (χ2v) is 11.9. The predicted molar refractivity (Wildman–Crippen MR) is 170 cm³/mol. The van der Waals surface area contributed by atoms with Gasteiger partial charge in [0.2, 0.25) is 5.16 Å². The van der Waals surface area contributed by atoms with Crippen molar-refractivity contribution in [1.29, 1.82) is 0 Å².